The van der Waals surface area contributed by atoms with E-state index in [-0.39, 0.29) is 17.9 Å². The van der Waals surface area contributed by atoms with E-state index in [4.69, 9.17) is 4.98 Å². The standard InChI is InChI=1S/C26H32N4O2/c1-16-7-5-6-8-20(16)30-24(31)18-11-14-21-22(15-18)29-23(28-21)17-9-12-19(13-10-17)27-25(32)26(2,3)4/h9-16,20H,5-8H2,1-4H3,(H,27,32)(H,28,29)(H,30,31). The maximum atomic E-state index is 12.8. The molecule has 1 fully saturated rings. The zero-order chi connectivity index (χ0) is 22.9. The number of carbonyl (C=O) groups excluding carboxylic acids is 2. The fraction of sp³-hybridized carbons (Fsp3) is 0.423. The molecule has 0 spiro atoms. The summed E-state index contributed by atoms with van der Waals surface area (Å²) in [4.78, 5) is 33.0. The quantitative estimate of drug-likeness (QED) is 0.507. The number of nitrogens with zero attached hydrogens (tertiary/aromatic N) is 1. The van der Waals surface area contributed by atoms with Gasteiger partial charge in [0.05, 0.1) is 11.0 Å². The van der Waals surface area contributed by atoms with Gasteiger partial charge >= 0.3 is 0 Å². The second-order valence-electron chi connectivity index (χ2n) is 9.94. The van der Waals surface area contributed by atoms with Crippen LogP contribution in [0.25, 0.3) is 22.4 Å². The molecule has 4 rings (SSSR count). The number of aromatic amines is 1. The van der Waals surface area contributed by atoms with Crippen LogP contribution in [0.15, 0.2) is 42.5 Å². The van der Waals surface area contributed by atoms with Gasteiger partial charge < -0.3 is 15.6 Å². The number of rotatable bonds is 4. The number of benzene rings is 2. The van der Waals surface area contributed by atoms with E-state index in [0.717, 1.165) is 34.5 Å². The highest BCUT2D eigenvalue weighted by Gasteiger charge is 2.24. The third-order valence-corrected chi connectivity index (χ3v) is 6.27. The minimum Gasteiger partial charge on any atom is -0.349 e. The van der Waals surface area contributed by atoms with Crippen molar-refractivity contribution in [3.63, 3.8) is 0 Å². The van der Waals surface area contributed by atoms with E-state index in [9.17, 15) is 9.59 Å². The number of nitrogens with one attached hydrogen (secondary N) is 3. The van der Waals surface area contributed by atoms with Crippen LogP contribution < -0.4 is 10.6 Å². The van der Waals surface area contributed by atoms with E-state index >= 15 is 0 Å². The number of fused-ring (bicyclic) bond motifs is 1. The molecule has 6 heteroatoms. The highest BCUT2D eigenvalue weighted by atomic mass is 16.2. The van der Waals surface area contributed by atoms with Crippen LogP contribution in [0.3, 0.4) is 0 Å². The fourth-order valence-electron chi connectivity index (χ4n) is 4.10. The molecule has 1 heterocycles. The average Bonchev–Trinajstić information content (AvgIpc) is 3.18. The molecule has 6 nitrogen and oxygen atoms in total. The molecular formula is C26H32N4O2. The first-order valence-corrected chi connectivity index (χ1v) is 11.4. The molecule has 1 aliphatic carbocycles. The van der Waals surface area contributed by atoms with Crippen molar-refractivity contribution in [1.29, 1.82) is 0 Å². The van der Waals surface area contributed by atoms with Gasteiger partial charge in [-0.1, -0.05) is 40.5 Å². The summed E-state index contributed by atoms with van der Waals surface area (Å²) in [5.74, 6) is 1.19. The van der Waals surface area contributed by atoms with Gasteiger partial charge in [0.25, 0.3) is 5.91 Å². The second kappa shape index (κ2) is 8.77. The van der Waals surface area contributed by atoms with Gasteiger partial charge in [-0.15, -0.1) is 0 Å². The van der Waals surface area contributed by atoms with Crippen molar-refractivity contribution >= 4 is 28.5 Å². The molecule has 168 valence electrons. The van der Waals surface area contributed by atoms with Gasteiger partial charge in [0.15, 0.2) is 0 Å². The number of aromatic nitrogens is 2. The fourth-order valence-corrected chi connectivity index (χ4v) is 4.10. The second-order valence-corrected chi connectivity index (χ2v) is 9.94. The minimum atomic E-state index is -0.448. The Hall–Kier alpha value is -3.15. The van der Waals surface area contributed by atoms with Crippen molar-refractivity contribution in [2.75, 3.05) is 5.32 Å². The van der Waals surface area contributed by atoms with Crippen LogP contribution in [0.5, 0.6) is 0 Å². The molecule has 0 saturated heterocycles. The summed E-state index contributed by atoms with van der Waals surface area (Å²) < 4.78 is 0. The molecule has 1 aromatic heterocycles. The molecule has 2 unspecified atom stereocenters. The number of anilines is 1. The van der Waals surface area contributed by atoms with Gasteiger partial charge in [-0.3, -0.25) is 9.59 Å². The topological polar surface area (TPSA) is 86.9 Å². The number of carbonyl (C=O) groups is 2. The van der Waals surface area contributed by atoms with Crippen LogP contribution in [0.1, 0.15) is 63.7 Å². The van der Waals surface area contributed by atoms with Crippen LogP contribution in [-0.2, 0) is 4.79 Å². The number of amides is 2. The summed E-state index contributed by atoms with van der Waals surface area (Å²) in [5, 5.41) is 6.14. The van der Waals surface area contributed by atoms with E-state index in [1.165, 1.54) is 19.3 Å². The van der Waals surface area contributed by atoms with Crippen molar-refractivity contribution < 1.29 is 9.59 Å². The van der Waals surface area contributed by atoms with Gasteiger partial charge in [-0.05, 0) is 61.2 Å². The summed E-state index contributed by atoms with van der Waals surface area (Å²) in [7, 11) is 0. The number of H-pyrrole nitrogens is 1. The Morgan fingerprint density at radius 2 is 1.75 bits per heavy atom. The van der Waals surface area contributed by atoms with Gasteiger partial charge in [0, 0.05) is 28.3 Å². The molecule has 3 aromatic rings. The molecule has 1 aliphatic rings. The molecule has 0 bridgehead atoms. The van der Waals surface area contributed by atoms with Crippen molar-refractivity contribution in [3.8, 4) is 11.4 Å². The first kappa shape index (κ1) is 22.1. The lowest BCUT2D eigenvalue weighted by Crippen LogP contribution is -2.41. The van der Waals surface area contributed by atoms with Crippen LogP contribution in [-0.4, -0.2) is 27.8 Å². The Morgan fingerprint density at radius 1 is 1.03 bits per heavy atom. The SMILES string of the molecule is CC1CCCCC1NC(=O)c1ccc2[nH]c(-c3ccc(NC(=O)C(C)(C)C)cc3)nc2c1. The third-order valence-electron chi connectivity index (χ3n) is 6.27. The first-order chi connectivity index (χ1) is 15.2. The smallest absolute Gasteiger partial charge is 0.251 e. The summed E-state index contributed by atoms with van der Waals surface area (Å²) in [6.45, 7) is 7.87. The predicted molar refractivity (Wildman–Crippen MR) is 129 cm³/mol. The lowest BCUT2D eigenvalue weighted by Gasteiger charge is -2.29. The molecule has 2 amide bonds. The minimum absolute atomic E-state index is 0.0255. The largest absolute Gasteiger partial charge is 0.349 e. The molecule has 32 heavy (non-hydrogen) atoms. The Morgan fingerprint density at radius 3 is 2.44 bits per heavy atom. The molecule has 3 N–H and O–H groups in total. The van der Waals surface area contributed by atoms with Gasteiger partial charge in [0.1, 0.15) is 5.82 Å². The Bertz CT molecular complexity index is 1120. The molecule has 1 saturated carbocycles. The van der Waals surface area contributed by atoms with E-state index in [1.807, 2.05) is 63.2 Å². The Labute approximate surface area is 189 Å². The monoisotopic (exact) mass is 432 g/mol. The van der Waals surface area contributed by atoms with Gasteiger partial charge in [0.2, 0.25) is 5.91 Å². The van der Waals surface area contributed by atoms with Crippen molar-refractivity contribution in [1.82, 2.24) is 15.3 Å². The zero-order valence-electron chi connectivity index (χ0n) is 19.3. The lowest BCUT2D eigenvalue weighted by atomic mass is 9.86. The van der Waals surface area contributed by atoms with Crippen molar-refractivity contribution in [3.05, 3.63) is 48.0 Å². The molecule has 2 atom stereocenters. The summed E-state index contributed by atoms with van der Waals surface area (Å²) >= 11 is 0. The van der Waals surface area contributed by atoms with Crippen LogP contribution >= 0.6 is 0 Å². The molecule has 0 radical (unpaired) electrons. The number of hydrogen-bond acceptors (Lipinski definition) is 3. The number of imidazole rings is 1. The van der Waals surface area contributed by atoms with Crippen LogP contribution in [0.2, 0.25) is 0 Å². The number of hydrogen-bond donors (Lipinski definition) is 3. The van der Waals surface area contributed by atoms with Crippen LogP contribution in [0.4, 0.5) is 5.69 Å². The van der Waals surface area contributed by atoms with Crippen molar-refractivity contribution in [2.45, 2.75) is 59.4 Å². The average molecular weight is 433 g/mol. The molecule has 2 aromatic carbocycles. The Kier molecular flexibility index (Phi) is 6.04. The van der Waals surface area contributed by atoms with Gasteiger partial charge in [-0.2, -0.15) is 0 Å². The van der Waals surface area contributed by atoms with Gasteiger partial charge in [-0.25, -0.2) is 4.98 Å². The van der Waals surface area contributed by atoms with E-state index in [0.29, 0.717) is 11.5 Å². The molecular weight excluding hydrogens is 400 g/mol. The third kappa shape index (κ3) is 4.85. The van der Waals surface area contributed by atoms with E-state index in [1.54, 1.807) is 0 Å². The highest BCUT2D eigenvalue weighted by molar-refractivity contribution is 5.98. The molecule has 0 aliphatic heterocycles. The maximum Gasteiger partial charge on any atom is 0.251 e. The zero-order valence-corrected chi connectivity index (χ0v) is 19.3. The van der Waals surface area contributed by atoms with Crippen LogP contribution in [0, 0.1) is 11.3 Å². The summed E-state index contributed by atoms with van der Waals surface area (Å²) in [6, 6.07) is 13.4. The highest BCUT2D eigenvalue weighted by Crippen LogP contribution is 2.26. The van der Waals surface area contributed by atoms with E-state index < -0.39 is 5.41 Å². The normalized spacial score (nSPS) is 19.0. The summed E-state index contributed by atoms with van der Waals surface area (Å²) in [6.07, 6.45) is 4.65. The predicted octanol–water partition coefficient (Wildman–Crippen LogP) is 5.52. The van der Waals surface area contributed by atoms with E-state index in [2.05, 4.69) is 22.5 Å². The maximum absolute atomic E-state index is 12.8. The Balaban J connectivity index is 1.49. The summed E-state index contributed by atoms with van der Waals surface area (Å²) in [5.41, 5.74) is 3.49. The van der Waals surface area contributed by atoms with Crippen molar-refractivity contribution in [2.24, 2.45) is 11.3 Å². The lowest BCUT2D eigenvalue weighted by molar-refractivity contribution is -0.123. The first-order valence-electron chi connectivity index (χ1n) is 11.4.